The second kappa shape index (κ2) is 13.4. The van der Waals surface area contributed by atoms with E-state index in [2.05, 4.69) is 5.43 Å². The van der Waals surface area contributed by atoms with Crippen LogP contribution in [-0.4, -0.2) is 55.1 Å². The number of phenols is 1. The van der Waals surface area contributed by atoms with Crippen LogP contribution in [0.1, 0.15) is 29.9 Å². The van der Waals surface area contributed by atoms with Gasteiger partial charge < -0.3 is 19.3 Å². The number of carbonyl (C=O) groups excluding carboxylic acids is 4. The van der Waals surface area contributed by atoms with Gasteiger partial charge in [-0.15, -0.1) is 0 Å². The van der Waals surface area contributed by atoms with Gasteiger partial charge in [0.1, 0.15) is 5.75 Å². The molecule has 11 nitrogen and oxygen atoms in total. The number of phenolic OH excluding ortho intramolecular Hbond substituents is 1. The summed E-state index contributed by atoms with van der Waals surface area (Å²) in [5.41, 5.74) is 3.88. The number of methoxy groups -OCH3 is 3. The van der Waals surface area contributed by atoms with Crippen molar-refractivity contribution in [1.29, 1.82) is 0 Å². The van der Waals surface area contributed by atoms with E-state index in [0.29, 0.717) is 27.6 Å². The van der Waals surface area contributed by atoms with Crippen molar-refractivity contribution in [2.75, 3.05) is 31.7 Å². The van der Waals surface area contributed by atoms with Crippen LogP contribution in [0.5, 0.6) is 23.0 Å². The minimum absolute atomic E-state index is 0.0840. The molecule has 4 aromatic rings. The highest BCUT2D eigenvalue weighted by molar-refractivity contribution is 6.36. The molecule has 3 fully saturated rings. The molecule has 13 heteroatoms. The standard InChI is InChI=1S/C41H35Cl2N3O8/c1-52-25-12-9-22(10-13-25)41-29(38(49)46(40(41)51)44-31-16-11-23(42)19-30(31)43)20-28-26(35(41)21-17-32(53-2)36(47)33(18-21)54-3)14-15-27-34(28)39(50)45(37(27)48)24-7-5-4-6-8-24/h4-14,16-19,27-29,34-35,44,47H,15,20H2,1-3H3/t27-,28+,29-,34-,35-,41+/m0/s1. The highest BCUT2D eigenvalue weighted by atomic mass is 35.5. The third-order valence-electron chi connectivity index (χ3n) is 11.4. The van der Waals surface area contributed by atoms with Gasteiger partial charge in [0.05, 0.1) is 60.9 Å². The number of anilines is 2. The van der Waals surface area contributed by atoms with Crippen molar-refractivity contribution in [2.45, 2.75) is 24.2 Å². The molecule has 2 aliphatic carbocycles. The maximum absolute atomic E-state index is 15.5. The number of benzene rings is 4. The van der Waals surface area contributed by atoms with Crippen LogP contribution in [-0.2, 0) is 24.6 Å². The van der Waals surface area contributed by atoms with Crippen LogP contribution in [0.15, 0.2) is 96.6 Å². The van der Waals surface area contributed by atoms with Gasteiger partial charge in [-0.05, 0) is 84.5 Å². The van der Waals surface area contributed by atoms with Crippen LogP contribution in [0.4, 0.5) is 11.4 Å². The minimum Gasteiger partial charge on any atom is -0.502 e. The van der Waals surface area contributed by atoms with Gasteiger partial charge in [-0.2, -0.15) is 5.01 Å². The van der Waals surface area contributed by atoms with Crippen molar-refractivity contribution in [3.8, 4) is 23.0 Å². The number of aromatic hydroxyl groups is 1. The lowest BCUT2D eigenvalue weighted by atomic mass is 9.49. The van der Waals surface area contributed by atoms with E-state index in [0.717, 1.165) is 10.6 Å². The summed E-state index contributed by atoms with van der Waals surface area (Å²) >= 11 is 12.7. The van der Waals surface area contributed by atoms with Crippen LogP contribution in [0.25, 0.3) is 0 Å². The number of allylic oxidation sites excluding steroid dienone is 2. The Balaban J connectivity index is 1.37. The number of imide groups is 2. The van der Waals surface area contributed by atoms with Crippen molar-refractivity contribution < 1.29 is 38.5 Å². The number of amides is 4. The first kappa shape index (κ1) is 35.5. The summed E-state index contributed by atoms with van der Waals surface area (Å²) in [5, 5.41) is 12.6. The number of carbonyl (C=O) groups is 4. The zero-order chi connectivity index (χ0) is 38.1. The van der Waals surface area contributed by atoms with Gasteiger partial charge in [-0.3, -0.25) is 29.5 Å². The van der Waals surface area contributed by atoms with Crippen molar-refractivity contribution in [2.24, 2.45) is 23.7 Å². The summed E-state index contributed by atoms with van der Waals surface area (Å²) in [4.78, 5) is 60.3. The number of para-hydroxylation sites is 1. The molecule has 276 valence electrons. The number of hydrogen-bond acceptors (Lipinski definition) is 9. The highest BCUT2D eigenvalue weighted by Gasteiger charge is 2.70. The molecule has 0 radical (unpaired) electrons. The highest BCUT2D eigenvalue weighted by Crippen LogP contribution is 2.65. The normalized spacial score (nSPS) is 25.9. The maximum Gasteiger partial charge on any atom is 0.260 e. The average Bonchev–Trinajstić information content (AvgIpc) is 3.56. The Kier molecular flexibility index (Phi) is 8.81. The number of rotatable bonds is 8. The third-order valence-corrected chi connectivity index (χ3v) is 12.0. The molecule has 4 amide bonds. The second-order valence-electron chi connectivity index (χ2n) is 13.8. The molecule has 0 bridgehead atoms. The average molecular weight is 769 g/mol. The summed E-state index contributed by atoms with van der Waals surface area (Å²) in [6.45, 7) is 0. The predicted octanol–water partition coefficient (Wildman–Crippen LogP) is 6.91. The molecule has 2 aliphatic heterocycles. The molecule has 0 spiro atoms. The monoisotopic (exact) mass is 767 g/mol. The fraction of sp³-hybridized carbons (Fsp3) is 0.268. The van der Waals surface area contributed by atoms with Gasteiger partial charge in [0.2, 0.25) is 17.6 Å². The first-order chi connectivity index (χ1) is 26.0. The van der Waals surface area contributed by atoms with E-state index in [1.54, 1.807) is 72.8 Å². The molecule has 54 heavy (non-hydrogen) atoms. The van der Waals surface area contributed by atoms with Crippen LogP contribution >= 0.6 is 23.2 Å². The number of ether oxygens (including phenoxy) is 3. The molecule has 2 heterocycles. The number of hydrazine groups is 1. The molecule has 0 unspecified atom stereocenters. The summed E-state index contributed by atoms with van der Waals surface area (Å²) in [6, 6.07) is 23.7. The Labute approximate surface area is 321 Å². The smallest absolute Gasteiger partial charge is 0.260 e. The van der Waals surface area contributed by atoms with Gasteiger partial charge in [0.15, 0.2) is 11.5 Å². The number of nitrogens with one attached hydrogen (secondary N) is 1. The Bertz CT molecular complexity index is 2220. The van der Waals surface area contributed by atoms with Gasteiger partial charge in [-0.1, -0.05) is 65.2 Å². The number of nitrogens with zero attached hydrogens (tertiary/aromatic N) is 2. The van der Waals surface area contributed by atoms with E-state index >= 15 is 4.79 Å². The zero-order valence-corrected chi connectivity index (χ0v) is 30.9. The van der Waals surface area contributed by atoms with Gasteiger partial charge in [0, 0.05) is 10.9 Å². The van der Waals surface area contributed by atoms with E-state index in [-0.39, 0.29) is 52.6 Å². The summed E-state index contributed by atoms with van der Waals surface area (Å²) < 4.78 is 16.7. The van der Waals surface area contributed by atoms with Crippen LogP contribution in [0.3, 0.4) is 0 Å². The molecular weight excluding hydrogens is 733 g/mol. The zero-order valence-electron chi connectivity index (χ0n) is 29.4. The van der Waals surface area contributed by atoms with Crippen molar-refractivity contribution in [3.05, 3.63) is 118 Å². The van der Waals surface area contributed by atoms with E-state index in [1.165, 1.54) is 32.3 Å². The summed E-state index contributed by atoms with van der Waals surface area (Å²) in [5.74, 6) is -5.32. The molecule has 8 rings (SSSR count). The van der Waals surface area contributed by atoms with E-state index in [1.807, 2.05) is 12.1 Å². The van der Waals surface area contributed by atoms with E-state index < -0.39 is 46.8 Å². The van der Waals surface area contributed by atoms with Crippen molar-refractivity contribution in [1.82, 2.24) is 5.01 Å². The molecular formula is C41H35Cl2N3O8. The number of halogens is 2. The van der Waals surface area contributed by atoms with Crippen LogP contribution in [0.2, 0.25) is 10.0 Å². The van der Waals surface area contributed by atoms with E-state index in [4.69, 9.17) is 37.4 Å². The minimum atomic E-state index is -1.61. The Morgan fingerprint density at radius 1 is 0.796 bits per heavy atom. The summed E-state index contributed by atoms with van der Waals surface area (Å²) in [7, 11) is 4.34. The van der Waals surface area contributed by atoms with Gasteiger partial charge in [0.25, 0.3) is 11.8 Å². The Hall–Kier alpha value is -5.52. The molecule has 4 aromatic carbocycles. The lowest BCUT2D eigenvalue weighted by Crippen LogP contribution is -2.53. The topological polar surface area (TPSA) is 135 Å². The lowest BCUT2D eigenvalue weighted by Gasteiger charge is -2.50. The molecule has 4 aliphatic rings. The van der Waals surface area contributed by atoms with Crippen LogP contribution in [0, 0.1) is 23.7 Å². The fourth-order valence-corrected chi connectivity index (χ4v) is 9.58. The first-order valence-electron chi connectivity index (χ1n) is 17.4. The molecule has 2 N–H and O–H groups in total. The largest absolute Gasteiger partial charge is 0.502 e. The number of hydrogen-bond donors (Lipinski definition) is 2. The third kappa shape index (κ3) is 5.16. The number of fused-ring (bicyclic) bond motifs is 4. The van der Waals surface area contributed by atoms with Crippen molar-refractivity contribution in [3.63, 3.8) is 0 Å². The lowest BCUT2D eigenvalue weighted by molar-refractivity contribution is -0.138. The first-order valence-corrected chi connectivity index (χ1v) is 18.1. The second-order valence-corrected chi connectivity index (χ2v) is 14.7. The van der Waals surface area contributed by atoms with Crippen LogP contribution < -0.4 is 24.5 Å². The van der Waals surface area contributed by atoms with E-state index in [9.17, 15) is 19.5 Å². The SMILES string of the molecule is COc1ccc([C@@]23C(=O)N(Nc4ccc(Cl)cc4Cl)C(=O)[C@@H]2C[C@@H]2C(=CC[C@@H]4C(=O)N(c5ccccc5)C(=O)[C@@H]42)[C@@H]3c2cc(OC)c(O)c(OC)c2)cc1. The molecule has 1 saturated carbocycles. The predicted molar refractivity (Wildman–Crippen MR) is 201 cm³/mol. The Morgan fingerprint density at radius 3 is 2.11 bits per heavy atom. The van der Waals surface area contributed by atoms with Crippen molar-refractivity contribution >= 4 is 58.2 Å². The molecule has 6 atom stereocenters. The summed E-state index contributed by atoms with van der Waals surface area (Å²) in [6.07, 6.45) is 2.27. The van der Waals surface area contributed by atoms with Gasteiger partial charge >= 0.3 is 0 Å². The molecule has 2 saturated heterocycles. The Morgan fingerprint density at radius 2 is 1.48 bits per heavy atom. The van der Waals surface area contributed by atoms with Gasteiger partial charge in [-0.25, -0.2) is 0 Å². The fourth-order valence-electron chi connectivity index (χ4n) is 9.13. The maximum atomic E-state index is 15.5. The quantitative estimate of drug-likeness (QED) is 0.145. The molecule has 0 aromatic heterocycles.